The first kappa shape index (κ1) is 12.4. The number of nitrogens with one attached hydrogen (secondary N) is 1. The van der Waals surface area contributed by atoms with Crippen molar-refractivity contribution in [2.45, 2.75) is 13.3 Å². The van der Waals surface area contributed by atoms with Crippen LogP contribution in [-0.4, -0.2) is 25.9 Å². The quantitative estimate of drug-likeness (QED) is 0.771. The first-order valence-electron chi connectivity index (χ1n) is 6.52. The largest absolute Gasteiger partial charge is 0.434 e. The third-order valence-electron chi connectivity index (χ3n) is 2.75. The van der Waals surface area contributed by atoms with Crippen LogP contribution in [0, 0.1) is 0 Å². The Kier molecular flexibility index (Phi) is 3.45. The van der Waals surface area contributed by atoms with Crippen LogP contribution in [0.1, 0.15) is 13.3 Å². The number of nitrogens with zero attached hydrogens (tertiary/aromatic N) is 4. The van der Waals surface area contributed by atoms with E-state index in [0.29, 0.717) is 17.3 Å². The van der Waals surface area contributed by atoms with E-state index in [0.717, 1.165) is 18.8 Å². The van der Waals surface area contributed by atoms with Gasteiger partial charge in [0.05, 0.1) is 12.4 Å². The lowest BCUT2D eigenvalue weighted by molar-refractivity contribution is 0.463. The average molecular weight is 269 g/mol. The molecule has 0 aliphatic rings. The summed E-state index contributed by atoms with van der Waals surface area (Å²) in [4.78, 5) is 12.7. The molecule has 0 saturated heterocycles. The smallest absolute Gasteiger partial charge is 0.265 e. The molecule has 20 heavy (non-hydrogen) atoms. The van der Waals surface area contributed by atoms with E-state index in [1.54, 1.807) is 18.6 Å². The Morgan fingerprint density at radius 2 is 2.30 bits per heavy atom. The second-order valence-corrected chi connectivity index (χ2v) is 4.31. The lowest BCUT2D eigenvalue weighted by Crippen LogP contribution is -2.05. The number of rotatable bonds is 5. The maximum Gasteiger partial charge on any atom is 0.265 e. The highest BCUT2D eigenvalue weighted by atomic mass is 16.5. The average Bonchev–Trinajstić information content (AvgIpc) is 2.95. The van der Waals surface area contributed by atoms with Gasteiger partial charge in [-0.3, -0.25) is 9.38 Å². The van der Waals surface area contributed by atoms with E-state index in [9.17, 15) is 0 Å². The summed E-state index contributed by atoms with van der Waals surface area (Å²) in [7, 11) is 0. The third kappa shape index (κ3) is 2.54. The Balaban J connectivity index is 1.97. The SMILES string of the molecule is CCCNc1cn2ccnc2c(Oc2cccnc2)n1. The zero-order valence-electron chi connectivity index (χ0n) is 11.2. The highest BCUT2D eigenvalue weighted by Crippen LogP contribution is 2.24. The van der Waals surface area contributed by atoms with Crippen LogP contribution in [-0.2, 0) is 0 Å². The van der Waals surface area contributed by atoms with E-state index in [1.807, 2.05) is 28.9 Å². The molecular formula is C14H15N5O. The van der Waals surface area contributed by atoms with Gasteiger partial charge in [0.15, 0.2) is 0 Å². The summed E-state index contributed by atoms with van der Waals surface area (Å²) in [6, 6.07) is 3.65. The topological polar surface area (TPSA) is 64.3 Å². The number of hydrogen-bond donors (Lipinski definition) is 1. The van der Waals surface area contributed by atoms with Crippen molar-refractivity contribution in [2.24, 2.45) is 0 Å². The number of imidazole rings is 1. The fourth-order valence-corrected chi connectivity index (χ4v) is 1.83. The van der Waals surface area contributed by atoms with E-state index in [-0.39, 0.29) is 0 Å². The molecule has 0 aliphatic carbocycles. The van der Waals surface area contributed by atoms with Crippen LogP contribution in [0.3, 0.4) is 0 Å². The maximum absolute atomic E-state index is 5.77. The van der Waals surface area contributed by atoms with Gasteiger partial charge in [0.2, 0.25) is 5.65 Å². The van der Waals surface area contributed by atoms with Gasteiger partial charge in [0.25, 0.3) is 5.88 Å². The van der Waals surface area contributed by atoms with Crippen LogP contribution in [0.25, 0.3) is 5.65 Å². The van der Waals surface area contributed by atoms with Crippen LogP contribution < -0.4 is 10.1 Å². The number of aromatic nitrogens is 4. The fourth-order valence-electron chi connectivity index (χ4n) is 1.83. The highest BCUT2D eigenvalue weighted by molar-refractivity contribution is 5.54. The molecule has 0 unspecified atom stereocenters. The number of anilines is 1. The Morgan fingerprint density at radius 3 is 3.10 bits per heavy atom. The zero-order valence-corrected chi connectivity index (χ0v) is 11.2. The molecule has 0 radical (unpaired) electrons. The van der Waals surface area contributed by atoms with Crippen LogP contribution in [0.2, 0.25) is 0 Å². The van der Waals surface area contributed by atoms with Gasteiger partial charge in [0.1, 0.15) is 11.6 Å². The number of fused-ring (bicyclic) bond motifs is 1. The minimum atomic E-state index is 0.462. The van der Waals surface area contributed by atoms with Crippen molar-refractivity contribution >= 4 is 11.5 Å². The molecule has 0 atom stereocenters. The van der Waals surface area contributed by atoms with E-state index in [4.69, 9.17) is 4.74 Å². The molecule has 6 heteroatoms. The van der Waals surface area contributed by atoms with Gasteiger partial charge in [-0.1, -0.05) is 6.92 Å². The first-order chi connectivity index (χ1) is 9.86. The lowest BCUT2D eigenvalue weighted by Gasteiger charge is -2.09. The molecule has 102 valence electrons. The summed E-state index contributed by atoms with van der Waals surface area (Å²) in [6.07, 6.45) is 9.86. The molecular weight excluding hydrogens is 254 g/mol. The highest BCUT2D eigenvalue weighted by Gasteiger charge is 2.09. The maximum atomic E-state index is 5.77. The van der Waals surface area contributed by atoms with Crippen molar-refractivity contribution in [3.63, 3.8) is 0 Å². The Labute approximate surface area is 116 Å². The van der Waals surface area contributed by atoms with Crippen LogP contribution in [0.4, 0.5) is 5.82 Å². The summed E-state index contributed by atoms with van der Waals surface area (Å²) in [5, 5.41) is 3.25. The molecule has 0 aliphatic heterocycles. The predicted molar refractivity (Wildman–Crippen MR) is 76.1 cm³/mol. The third-order valence-corrected chi connectivity index (χ3v) is 2.75. The molecule has 0 bridgehead atoms. The molecule has 0 spiro atoms. The van der Waals surface area contributed by atoms with Gasteiger partial charge in [0, 0.05) is 25.1 Å². The van der Waals surface area contributed by atoms with Crippen LogP contribution >= 0.6 is 0 Å². The van der Waals surface area contributed by atoms with Crippen molar-refractivity contribution in [1.29, 1.82) is 0 Å². The predicted octanol–water partition coefficient (Wildman–Crippen LogP) is 2.74. The molecule has 3 heterocycles. The lowest BCUT2D eigenvalue weighted by atomic mass is 10.4. The molecule has 6 nitrogen and oxygen atoms in total. The van der Waals surface area contributed by atoms with Gasteiger partial charge in [-0.05, 0) is 18.6 Å². The molecule has 3 rings (SSSR count). The summed E-state index contributed by atoms with van der Waals surface area (Å²) in [5.74, 6) is 1.86. The zero-order chi connectivity index (χ0) is 13.8. The van der Waals surface area contributed by atoms with Gasteiger partial charge < -0.3 is 10.1 Å². The fraction of sp³-hybridized carbons (Fsp3) is 0.214. The van der Waals surface area contributed by atoms with Gasteiger partial charge in [-0.15, -0.1) is 0 Å². The number of hydrogen-bond acceptors (Lipinski definition) is 5. The monoisotopic (exact) mass is 269 g/mol. The van der Waals surface area contributed by atoms with Crippen LogP contribution in [0.5, 0.6) is 11.6 Å². The van der Waals surface area contributed by atoms with Gasteiger partial charge >= 0.3 is 0 Å². The molecule has 0 saturated carbocycles. The normalized spacial score (nSPS) is 10.7. The second-order valence-electron chi connectivity index (χ2n) is 4.31. The standard InChI is InChI=1S/C14H15N5O/c1-2-5-16-12-10-19-8-7-17-13(19)14(18-12)20-11-4-3-6-15-9-11/h3-4,6-10,16H,2,5H2,1H3. The van der Waals surface area contributed by atoms with E-state index in [2.05, 4.69) is 27.2 Å². The number of ether oxygens (including phenoxy) is 1. The van der Waals surface area contributed by atoms with Gasteiger partial charge in [-0.2, -0.15) is 4.98 Å². The Bertz CT molecular complexity index is 695. The van der Waals surface area contributed by atoms with Crippen molar-refractivity contribution < 1.29 is 4.74 Å². The molecule has 1 N–H and O–H groups in total. The van der Waals surface area contributed by atoms with E-state index in [1.165, 1.54) is 0 Å². The van der Waals surface area contributed by atoms with Crippen molar-refractivity contribution in [3.05, 3.63) is 43.1 Å². The van der Waals surface area contributed by atoms with Crippen molar-refractivity contribution in [2.75, 3.05) is 11.9 Å². The summed E-state index contributed by atoms with van der Waals surface area (Å²) >= 11 is 0. The molecule has 0 fully saturated rings. The summed E-state index contributed by atoms with van der Waals surface area (Å²) in [5.41, 5.74) is 0.677. The Morgan fingerprint density at radius 1 is 1.35 bits per heavy atom. The minimum Gasteiger partial charge on any atom is -0.434 e. The second kappa shape index (κ2) is 5.56. The molecule has 3 aromatic rings. The van der Waals surface area contributed by atoms with E-state index >= 15 is 0 Å². The van der Waals surface area contributed by atoms with E-state index < -0.39 is 0 Å². The summed E-state index contributed by atoms with van der Waals surface area (Å²) in [6.45, 7) is 2.97. The van der Waals surface area contributed by atoms with Crippen molar-refractivity contribution in [3.8, 4) is 11.6 Å². The minimum absolute atomic E-state index is 0.462. The molecule has 0 amide bonds. The molecule has 0 aromatic carbocycles. The first-order valence-corrected chi connectivity index (χ1v) is 6.52. The van der Waals surface area contributed by atoms with Crippen molar-refractivity contribution in [1.82, 2.24) is 19.4 Å². The Hall–Kier alpha value is -2.63. The van der Waals surface area contributed by atoms with Crippen LogP contribution in [0.15, 0.2) is 43.1 Å². The molecule has 3 aromatic heterocycles. The summed E-state index contributed by atoms with van der Waals surface area (Å²) < 4.78 is 7.66. The number of pyridine rings is 1. The van der Waals surface area contributed by atoms with Gasteiger partial charge in [-0.25, -0.2) is 4.98 Å².